The Bertz CT molecular complexity index is 138. The quantitative estimate of drug-likeness (QED) is 0.261. The lowest BCUT2D eigenvalue weighted by Gasteiger charge is -1.92. The Kier molecular flexibility index (Phi) is 4.44. The zero-order valence-electron chi connectivity index (χ0n) is 5.37. The summed E-state index contributed by atoms with van der Waals surface area (Å²) in [6.07, 6.45) is 4.69. The van der Waals surface area contributed by atoms with Gasteiger partial charge in [0.05, 0.1) is 0 Å². The van der Waals surface area contributed by atoms with Crippen molar-refractivity contribution in [2.75, 3.05) is 7.05 Å². The minimum absolute atomic E-state index is 0.501. The molecule has 0 aromatic rings. The van der Waals surface area contributed by atoms with E-state index in [4.69, 9.17) is 5.90 Å². The summed E-state index contributed by atoms with van der Waals surface area (Å²) in [5, 5.41) is 0. The van der Waals surface area contributed by atoms with Gasteiger partial charge in [-0.1, -0.05) is 6.58 Å². The zero-order chi connectivity index (χ0) is 7.11. The van der Waals surface area contributed by atoms with E-state index in [9.17, 15) is 0 Å². The average Bonchev–Trinajstić information content (AvgIpc) is 1.91. The average molecular weight is 126 g/mol. The van der Waals surface area contributed by atoms with Gasteiger partial charge in [-0.3, -0.25) is 4.99 Å². The first-order chi connectivity index (χ1) is 4.35. The second-order valence-electron chi connectivity index (χ2n) is 1.30. The Morgan fingerprint density at radius 3 is 2.78 bits per heavy atom. The second kappa shape index (κ2) is 5.05. The first kappa shape index (κ1) is 7.91. The van der Waals surface area contributed by atoms with Crippen molar-refractivity contribution in [3.05, 3.63) is 24.5 Å². The molecule has 9 heavy (non-hydrogen) atoms. The van der Waals surface area contributed by atoms with E-state index in [1.165, 1.54) is 6.08 Å². The van der Waals surface area contributed by atoms with Crippen LogP contribution in [0.25, 0.3) is 0 Å². The van der Waals surface area contributed by atoms with Crippen LogP contribution in [0.5, 0.6) is 0 Å². The molecule has 3 nitrogen and oxygen atoms in total. The largest absolute Gasteiger partial charge is 0.411 e. The van der Waals surface area contributed by atoms with Crippen molar-refractivity contribution in [1.82, 2.24) is 0 Å². The molecule has 0 rings (SSSR count). The summed E-state index contributed by atoms with van der Waals surface area (Å²) in [5.41, 5.74) is 0. The van der Waals surface area contributed by atoms with Crippen LogP contribution in [0.4, 0.5) is 0 Å². The highest BCUT2D eigenvalue weighted by atomic mass is 16.6. The third-order valence-corrected chi connectivity index (χ3v) is 0.725. The van der Waals surface area contributed by atoms with Crippen LogP contribution in [-0.2, 0) is 4.84 Å². The molecule has 0 heterocycles. The van der Waals surface area contributed by atoms with Crippen LogP contribution in [0.15, 0.2) is 29.5 Å². The van der Waals surface area contributed by atoms with E-state index >= 15 is 0 Å². The van der Waals surface area contributed by atoms with Crippen molar-refractivity contribution in [3.63, 3.8) is 0 Å². The fourth-order valence-electron chi connectivity index (χ4n) is 0.303. The number of aliphatic imine (C=N–C) groups is 1. The van der Waals surface area contributed by atoms with E-state index in [0.29, 0.717) is 5.76 Å². The summed E-state index contributed by atoms with van der Waals surface area (Å²) < 4.78 is 0. The molecule has 0 spiro atoms. The van der Waals surface area contributed by atoms with Gasteiger partial charge in [-0.15, -0.1) is 0 Å². The standard InChI is InChI=1S/C6H10N2O/c1-3-6(9-7)4-5-8-2/h3-5H,1,7H2,2H3/b6-4+,8-5-. The van der Waals surface area contributed by atoms with E-state index in [1.807, 2.05) is 0 Å². The molecule has 0 saturated heterocycles. The molecule has 0 radical (unpaired) electrons. The fourth-order valence-corrected chi connectivity index (χ4v) is 0.303. The molecule has 0 aliphatic rings. The number of nitrogens with two attached hydrogens (primary N) is 1. The van der Waals surface area contributed by atoms with Crippen molar-refractivity contribution in [1.29, 1.82) is 0 Å². The van der Waals surface area contributed by atoms with Gasteiger partial charge in [0.15, 0.2) is 0 Å². The molecule has 0 saturated carbocycles. The van der Waals surface area contributed by atoms with E-state index < -0.39 is 0 Å². The maximum absolute atomic E-state index is 4.82. The lowest BCUT2D eigenvalue weighted by molar-refractivity contribution is 0.235. The third-order valence-electron chi connectivity index (χ3n) is 0.725. The molecule has 0 aliphatic heterocycles. The Balaban J connectivity index is 3.90. The number of rotatable bonds is 3. The third kappa shape index (κ3) is 3.49. The van der Waals surface area contributed by atoms with Gasteiger partial charge in [0.1, 0.15) is 5.76 Å². The van der Waals surface area contributed by atoms with Crippen molar-refractivity contribution in [3.8, 4) is 0 Å². The molecule has 0 bridgehead atoms. The summed E-state index contributed by atoms with van der Waals surface area (Å²) in [4.78, 5) is 8.04. The van der Waals surface area contributed by atoms with E-state index in [1.54, 1.807) is 19.3 Å². The van der Waals surface area contributed by atoms with Crippen LogP contribution >= 0.6 is 0 Å². The number of hydrogen-bond donors (Lipinski definition) is 1. The van der Waals surface area contributed by atoms with Crippen LogP contribution in [0, 0.1) is 0 Å². The van der Waals surface area contributed by atoms with Gasteiger partial charge in [0.25, 0.3) is 0 Å². The Hall–Kier alpha value is -1.09. The van der Waals surface area contributed by atoms with Crippen molar-refractivity contribution in [2.24, 2.45) is 10.9 Å². The molecule has 0 aromatic heterocycles. The van der Waals surface area contributed by atoms with Gasteiger partial charge < -0.3 is 4.84 Å². The predicted molar refractivity (Wildman–Crippen MR) is 38.0 cm³/mol. The smallest absolute Gasteiger partial charge is 0.147 e. The van der Waals surface area contributed by atoms with Gasteiger partial charge in [-0.2, -0.15) is 5.90 Å². The van der Waals surface area contributed by atoms with Crippen molar-refractivity contribution in [2.45, 2.75) is 0 Å². The monoisotopic (exact) mass is 126 g/mol. The lowest BCUT2D eigenvalue weighted by Crippen LogP contribution is -1.96. The van der Waals surface area contributed by atoms with Crippen molar-refractivity contribution < 1.29 is 4.84 Å². The molecule has 0 fully saturated rings. The van der Waals surface area contributed by atoms with Gasteiger partial charge in [0, 0.05) is 19.3 Å². The zero-order valence-corrected chi connectivity index (χ0v) is 5.37. The molecule has 0 atom stereocenters. The van der Waals surface area contributed by atoms with Gasteiger partial charge in [-0.05, 0) is 6.08 Å². The van der Waals surface area contributed by atoms with Gasteiger partial charge in [-0.25, -0.2) is 0 Å². The van der Waals surface area contributed by atoms with Crippen LogP contribution < -0.4 is 5.90 Å². The molecular weight excluding hydrogens is 116 g/mol. The van der Waals surface area contributed by atoms with Crippen LogP contribution in [0.1, 0.15) is 0 Å². The molecule has 0 unspecified atom stereocenters. The van der Waals surface area contributed by atoms with Crippen LogP contribution in [0.3, 0.4) is 0 Å². The first-order valence-electron chi connectivity index (χ1n) is 2.46. The Labute approximate surface area is 54.5 Å². The molecular formula is C6H10N2O. The molecule has 3 heteroatoms. The minimum atomic E-state index is 0.501. The van der Waals surface area contributed by atoms with Crippen LogP contribution in [-0.4, -0.2) is 13.3 Å². The highest BCUT2D eigenvalue weighted by molar-refractivity contribution is 5.72. The summed E-state index contributed by atoms with van der Waals surface area (Å²) in [6, 6.07) is 0. The summed E-state index contributed by atoms with van der Waals surface area (Å²) in [5.74, 6) is 5.32. The maximum atomic E-state index is 4.82. The number of nitrogens with zero attached hydrogens (tertiary/aromatic N) is 1. The minimum Gasteiger partial charge on any atom is -0.411 e. The fraction of sp³-hybridized carbons (Fsp3) is 0.167. The molecule has 0 amide bonds. The highest BCUT2D eigenvalue weighted by Crippen LogP contribution is 1.90. The normalized spacial score (nSPS) is 12.0. The summed E-state index contributed by atoms with van der Waals surface area (Å²) in [7, 11) is 1.66. The summed E-state index contributed by atoms with van der Waals surface area (Å²) in [6.45, 7) is 3.45. The highest BCUT2D eigenvalue weighted by Gasteiger charge is 1.81. The topological polar surface area (TPSA) is 47.6 Å². The van der Waals surface area contributed by atoms with E-state index in [2.05, 4.69) is 16.4 Å². The van der Waals surface area contributed by atoms with Gasteiger partial charge in [0.2, 0.25) is 0 Å². The van der Waals surface area contributed by atoms with E-state index in [0.717, 1.165) is 0 Å². The number of hydrogen-bond acceptors (Lipinski definition) is 3. The first-order valence-corrected chi connectivity index (χ1v) is 2.46. The lowest BCUT2D eigenvalue weighted by atomic mass is 10.4. The summed E-state index contributed by atoms with van der Waals surface area (Å²) >= 11 is 0. The molecule has 0 aromatic carbocycles. The molecule has 0 aliphatic carbocycles. The number of allylic oxidation sites excluding steroid dienone is 2. The maximum Gasteiger partial charge on any atom is 0.147 e. The van der Waals surface area contributed by atoms with Gasteiger partial charge >= 0.3 is 0 Å². The van der Waals surface area contributed by atoms with E-state index in [-0.39, 0.29) is 0 Å². The molecule has 50 valence electrons. The Morgan fingerprint density at radius 1 is 1.78 bits per heavy atom. The van der Waals surface area contributed by atoms with Crippen LogP contribution in [0.2, 0.25) is 0 Å². The molecule has 2 N–H and O–H groups in total. The SMILES string of the molecule is C=C/C(=C\C=N/C)ON. The Morgan fingerprint density at radius 2 is 2.44 bits per heavy atom. The second-order valence-corrected chi connectivity index (χ2v) is 1.30. The van der Waals surface area contributed by atoms with Crippen molar-refractivity contribution >= 4 is 6.21 Å². The predicted octanol–water partition coefficient (Wildman–Crippen LogP) is 0.647.